The predicted molar refractivity (Wildman–Crippen MR) is 115 cm³/mol. The zero-order valence-electron chi connectivity index (χ0n) is 17.2. The standard InChI is InChI=1S/C22H28N2O5S/c1-3-16-15-24(30(27,28)21-9-7-20(29-2)8-10-21)12-11-17(16)13-22(26)23-18-5-4-6-19(25)14-18/h4-10,14,16-17,25H,3,11-13,15H2,1-2H3,(H,23,26). The van der Waals surface area contributed by atoms with E-state index < -0.39 is 10.0 Å². The highest BCUT2D eigenvalue weighted by Gasteiger charge is 2.35. The van der Waals surface area contributed by atoms with Gasteiger partial charge in [0.15, 0.2) is 0 Å². The fourth-order valence-electron chi connectivity index (χ4n) is 3.93. The molecular weight excluding hydrogens is 404 g/mol. The van der Waals surface area contributed by atoms with Crippen molar-refractivity contribution in [3.05, 3.63) is 48.5 Å². The molecule has 3 rings (SSSR count). The fraction of sp³-hybridized carbons (Fsp3) is 0.409. The molecule has 7 nitrogen and oxygen atoms in total. The second kappa shape index (κ2) is 9.49. The summed E-state index contributed by atoms with van der Waals surface area (Å²) in [7, 11) is -2.05. The van der Waals surface area contributed by atoms with E-state index in [9.17, 15) is 18.3 Å². The topological polar surface area (TPSA) is 95.9 Å². The molecule has 30 heavy (non-hydrogen) atoms. The summed E-state index contributed by atoms with van der Waals surface area (Å²) < 4.78 is 32.7. The number of nitrogens with zero attached hydrogens (tertiary/aromatic N) is 1. The molecule has 2 atom stereocenters. The van der Waals surface area contributed by atoms with Gasteiger partial charge in [-0.2, -0.15) is 4.31 Å². The molecule has 1 aliphatic rings. The Hall–Kier alpha value is -2.58. The van der Waals surface area contributed by atoms with Gasteiger partial charge < -0.3 is 15.2 Å². The number of nitrogens with one attached hydrogen (secondary N) is 1. The van der Waals surface area contributed by atoms with Gasteiger partial charge in [-0.25, -0.2) is 8.42 Å². The quantitative estimate of drug-likeness (QED) is 0.698. The zero-order chi connectivity index (χ0) is 21.7. The number of piperidine rings is 1. The normalized spacial score (nSPS) is 19.9. The Balaban J connectivity index is 1.64. The second-order valence-corrected chi connectivity index (χ2v) is 9.50. The van der Waals surface area contributed by atoms with Crippen LogP contribution in [-0.4, -0.2) is 43.9 Å². The van der Waals surface area contributed by atoms with Crippen LogP contribution < -0.4 is 10.1 Å². The van der Waals surface area contributed by atoms with Crippen LogP contribution in [0.1, 0.15) is 26.2 Å². The van der Waals surface area contributed by atoms with E-state index in [2.05, 4.69) is 5.32 Å². The van der Waals surface area contributed by atoms with E-state index in [1.54, 1.807) is 42.5 Å². The fourth-order valence-corrected chi connectivity index (χ4v) is 5.44. The van der Waals surface area contributed by atoms with E-state index in [1.807, 2.05) is 6.92 Å². The summed E-state index contributed by atoms with van der Waals surface area (Å²) in [6.45, 7) is 2.80. The molecule has 0 radical (unpaired) electrons. The van der Waals surface area contributed by atoms with Gasteiger partial charge in [0.05, 0.1) is 12.0 Å². The summed E-state index contributed by atoms with van der Waals surface area (Å²) in [4.78, 5) is 12.7. The summed E-state index contributed by atoms with van der Waals surface area (Å²) in [5.41, 5.74) is 0.549. The van der Waals surface area contributed by atoms with Crippen molar-refractivity contribution < 1.29 is 23.1 Å². The van der Waals surface area contributed by atoms with E-state index >= 15 is 0 Å². The van der Waals surface area contributed by atoms with Crippen LogP contribution in [-0.2, 0) is 14.8 Å². The van der Waals surface area contributed by atoms with Crippen molar-refractivity contribution in [1.82, 2.24) is 4.31 Å². The Morgan fingerprint density at radius 1 is 1.20 bits per heavy atom. The van der Waals surface area contributed by atoms with Crippen LogP contribution in [0.4, 0.5) is 5.69 Å². The Kier molecular flexibility index (Phi) is 6.99. The third kappa shape index (κ3) is 5.12. The van der Waals surface area contributed by atoms with Crippen LogP contribution in [0.3, 0.4) is 0 Å². The molecule has 0 bridgehead atoms. The number of aromatic hydroxyl groups is 1. The molecule has 0 aromatic heterocycles. The van der Waals surface area contributed by atoms with Crippen LogP contribution in [0, 0.1) is 11.8 Å². The van der Waals surface area contributed by atoms with Gasteiger partial charge in [-0.3, -0.25) is 4.79 Å². The monoisotopic (exact) mass is 432 g/mol. The van der Waals surface area contributed by atoms with E-state index in [0.29, 0.717) is 37.4 Å². The van der Waals surface area contributed by atoms with Crippen molar-refractivity contribution in [3.63, 3.8) is 0 Å². The maximum atomic E-state index is 13.0. The average molecular weight is 433 g/mol. The lowest BCUT2D eigenvalue weighted by atomic mass is 9.82. The van der Waals surface area contributed by atoms with Crippen molar-refractivity contribution in [2.24, 2.45) is 11.8 Å². The molecule has 2 unspecified atom stereocenters. The number of amides is 1. The Morgan fingerprint density at radius 3 is 2.57 bits per heavy atom. The maximum Gasteiger partial charge on any atom is 0.243 e. The van der Waals surface area contributed by atoms with E-state index in [-0.39, 0.29) is 28.4 Å². The number of carbonyl (C=O) groups excluding carboxylic acids is 1. The van der Waals surface area contributed by atoms with Gasteiger partial charge in [0.1, 0.15) is 11.5 Å². The number of phenols is 1. The molecule has 0 aliphatic carbocycles. The first-order valence-electron chi connectivity index (χ1n) is 10.1. The van der Waals surface area contributed by atoms with Gasteiger partial charge >= 0.3 is 0 Å². The Morgan fingerprint density at radius 2 is 1.93 bits per heavy atom. The van der Waals surface area contributed by atoms with Gasteiger partial charge in [-0.1, -0.05) is 19.4 Å². The lowest BCUT2D eigenvalue weighted by Crippen LogP contribution is -2.44. The second-order valence-electron chi connectivity index (χ2n) is 7.56. The van der Waals surface area contributed by atoms with Gasteiger partial charge in [-0.05, 0) is 54.7 Å². The Bertz CT molecular complexity index is 975. The van der Waals surface area contributed by atoms with Crippen molar-refractivity contribution in [2.75, 3.05) is 25.5 Å². The van der Waals surface area contributed by atoms with Crippen molar-refractivity contribution in [3.8, 4) is 11.5 Å². The third-order valence-electron chi connectivity index (χ3n) is 5.65. The minimum atomic E-state index is -3.59. The highest BCUT2D eigenvalue weighted by atomic mass is 32.2. The van der Waals surface area contributed by atoms with Crippen LogP contribution in [0.2, 0.25) is 0 Å². The summed E-state index contributed by atoms with van der Waals surface area (Å²) >= 11 is 0. The van der Waals surface area contributed by atoms with Crippen molar-refractivity contribution in [1.29, 1.82) is 0 Å². The van der Waals surface area contributed by atoms with Gasteiger partial charge in [0.25, 0.3) is 0 Å². The largest absolute Gasteiger partial charge is 0.508 e. The van der Waals surface area contributed by atoms with Gasteiger partial charge in [-0.15, -0.1) is 0 Å². The van der Waals surface area contributed by atoms with Crippen LogP contribution >= 0.6 is 0 Å². The summed E-state index contributed by atoms with van der Waals surface area (Å²) in [6.07, 6.45) is 1.74. The van der Waals surface area contributed by atoms with Gasteiger partial charge in [0.2, 0.25) is 15.9 Å². The SMILES string of the molecule is CCC1CN(S(=O)(=O)c2ccc(OC)cc2)CCC1CC(=O)Nc1cccc(O)c1. The molecule has 1 amide bonds. The summed E-state index contributed by atoms with van der Waals surface area (Å²) in [6, 6.07) is 12.8. The van der Waals surface area contributed by atoms with Crippen LogP contribution in [0.15, 0.2) is 53.4 Å². The molecule has 1 saturated heterocycles. The number of carbonyl (C=O) groups is 1. The number of rotatable bonds is 7. The van der Waals surface area contributed by atoms with E-state index in [0.717, 1.165) is 6.42 Å². The molecule has 8 heteroatoms. The highest BCUT2D eigenvalue weighted by molar-refractivity contribution is 7.89. The molecule has 2 N–H and O–H groups in total. The highest BCUT2D eigenvalue weighted by Crippen LogP contribution is 2.32. The first-order valence-corrected chi connectivity index (χ1v) is 11.5. The van der Waals surface area contributed by atoms with Crippen molar-refractivity contribution >= 4 is 21.6 Å². The number of phenolic OH excluding ortho intramolecular Hbond substituents is 1. The minimum absolute atomic E-state index is 0.0938. The first-order chi connectivity index (χ1) is 14.3. The third-order valence-corrected chi connectivity index (χ3v) is 7.53. The van der Waals surface area contributed by atoms with Crippen LogP contribution in [0.5, 0.6) is 11.5 Å². The van der Waals surface area contributed by atoms with Crippen LogP contribution in [0.25, 0.3) is 0 Å². The van der Waals surface area contributed by atoms with E-state index in [4.69, 9.17) is 4.74 Å². The zero-order valence-corrected chi connectivity index (χ0v) is 18.1. The molecule has 0 spiro atoms. The number of anilines is 1. The minimum Gasteiger partial charge on any atom is -0.508 e. The molecular formula is C22H28N2O5S. The first kappa shape index (κ1) is 22.1. The number of sulfonamides is 1. The molecule has 162 valence electrons. The smallest absolute Gasteiger partial charge is 0.243 e. The number of hydrogen-bond acceptors (Lipinski definition) is 5. The predicted octanol–water partition coefficient (Wildman–Crippen LogP) is 3.47. The maximum absolute atomic E-state index is 13.0. The molecule has 0 saturated carbocycles. The number of benzene rings is 2. The molecule has 2 aromatic carbocycles. The molecule has 2 aromatic rings. The van der Waals surface area contributed by atoms with E-state index in [1.165, 1.54) is 17.5 Å². The summed E-state index contributed by atoms with van der Waals surface area (Å²) in [5, 5.41) is 12.3. The molecule has 1 fully saturated rings. The lowest BCUT2D eigenvalue weighted by Gasteiger charge is -2.37. The molecule has 1 aliphatic heterocycles. The number of ether oxygens (including phenoxy) is 1. The molecule has 1 heterocycles. The number of methoxy groups -OCH3 is 1. The summed E-state index contributed by atoms with van der Waals surface area (Å²) in [5.74, 6) is 0.778. The number of hydrogen-bond donors (Lipinski definition) is 2. The van der Waals surface area contributed by atoms with Crippen molar-refractivity contribution in [2.45, 2.75) is 31.1 Å². The average Bonchev–Trinajstić information content (AvgIpc) is 2.74. The lowest BCUT2D eigenvalue weighted by molar-refractivity contribution is -0.117. The Labute approximate surface area is 177 Å². The van der Waals surface area contributed by atoms with Gasteiger partial charge in [0, 0.05) is 31.3 Å².